The molecule has 1 amide bonds. The van der Waals surface area contributed by atoms with Crippen molar-refractivity contribution in [2.24, 2.45) is 23.0 Å². The van der Waals surface area contributed by atoms with Crippen LogP contribution < -0.4 is 28.4 Å². The molecule has 0 aromatic rings. The molecule has 2 unspecified atom stereocenters. The minimum atomic E-state index is -1.37. The Labute approximate surface area is 139 Å². The van der Waals surface area contributed by atoms with Gasteiger partial charge < -0.3 is 37.7 Å². The van der Waals surface area contributed by atoms with E-state index in [1.165, 1.54) is 11.2 Å². The SMILES string of the molecule is NC/C(N)=C/N(N)CCCCC(NC(=O)CC(N)C(=O)O)C(=O)O. The van der Waals surface area contributed by atoms with Gasteiger partial charge in [-0.1, -0.05) is 0 Å². The molecule has 0 aromatic heterocycles. The molecule has 0 aliphatic rings. The second kappa shape index (κ2) is 11.2. The van der Waals surface area contributed by atoms with Gasteiger partial charge in [0.05, 0.1) is 6.42 Å². The summed E-state index contributed by atoms with van der Waals surface area (Å²) in [6.45, 7) is 0.615. The molecule has 138 valence electrons. The van der Waals surface area contributed by atoms with Gasteiger partial charge in [0.15, 0.2) is 0 Å². The van der Waals surface area contributed by atoms with Crippen molar-refractivity contribution < 1.29 is 24.6 Å². The number of carboxylic acid groups (broad SMARTS) is 2. The van der Waals surface area contributed by atoms with E-state index >= 15 is 0 Å². The van der Waals surface area contributed by atoms with Crippen LogP contribution in [0.25, 0.3) is 0 Å². The first-order chi connectivity index (χ1) is 11.2. The van der Waals surface area contributed by atoms with Crippen LogP contribution in [0.2, 0.25) is 0 Å². The van der Waals surface area contributed by atoms with Crippen LogP contribution in [0.5, 0.6) is 0 Å². The number of hydrogen-bond acceptors (Lipinski definition) is 8. The molecule has 24 heavy (non-hydrogen) atoms. The number of carboxylic acids is 2. The largest absolute Gasteiger partial charge is 0.480 e. The highest BCUT2D eigenvalue weighted by atomic mass is 16.4. The molecule has 0 spiro atoms. The molecule has 0 radical (unpaired) electrons. The average molecular weight is 346 g/mol. The van der Waals surface area contributed by atoms with Gasteiger partial charge in [0.1, 0.15) is 12.1 Å². The lowest BCUT2D eigenvalue weighted by molar-refractivity contribution is -0.143. The molecule has 11 heteroatoms. The normalized spacial score (nSPS) is 13.9. The number of nitrogens with two attached hydrogens (primary N) is 4. The molecular weight excluding hydrogens is 320 g/mol. The van der Waals surface area contributed by atoms with E-state index in [1.54, 1.807) is 0 Å². The maximum Gasteiger partial charge on any atom is 0.326 e. The molecule has 0 fully saturated rings. The van der Waals surface area contributed by atoms with Crippen molar-refractivity contribution in [2.45, 2.75) is 37.8 Å². The number of aliphatic carboxylic acids is 2. The number of nitrogens with zero attached hydrogens (tertiary/aromatic N) is 1. The van der Waals surface area contributed by atoms with Crippen LogP contribution in [-0.4, -0.2) is 58.2 Å². The quantitative estimate of drug-likeness (QED) is 0.112. The third-order valence-electron chi connectivity index (χ3n) is 3.08. The van der Waals surface area contributed by atoms with E-state index in [9.17, 15) is 14.4 Å². The van der Waals surface area contributed by atoms with Crippen molar-refractivity contribution in [1.82, 2.24) is 10.3 Å². The summed E-state index contributed by atoms with van der Waals surface area (Å²) in [5.74, 6) is 2.40. The van der Waals surface area contributed by atoms with Crippen LogP contribution in [0.1, 0.15) is 25.7 Å². The first-order valence-corrected chi connectivity index (χ1v) is 7.35. The van der Waals surface area contributed by atoms with Crippen molar-refractivity contribution in [3.05, 3.63) is 11.9 Å². The Bertz CT molecular complexity index is 470. The topological polar surface area (TPSA) is 211 Å². The van der Waals surface area contributed by atoms with Gasteiger partial charge in [-0.2, -0.15) is 0 Å². The summed E-state index contributed by atoms with van der Waals surface area (Å²) >= 11 is 0. The Hall–Kier alpha value is -2.37. The van der Waals surface area contributed by atoms with Gasteiger partial charge in [-0.05, 0) is 19.3 Å². The minimum absolute atomic E-state index is 0.174. The molecule has 0 heterocycles. The van der Waals surface area contributed by atoms with E-state index in [0.717, 1.165) is 0 Å². The van der Waals surface area contributed by atoms with Gasteiger partial charge in [0.2, 0.25) is 5.91 Å². The van der Waals surface area contributed by atoms with Crippen LogP contribution in [0, 0.1) is 0 Å². The summed E-state index contributed by atoms with van der Waals surface area (Å²) in [6.07, 6.45) is 2.22. The van der Waals surface area contributed by atoms with Gasteiger partial charge in [-0.25, -0.2) is 10.6 Å². The molecule has 0 aliphatic carbocycles. The van der Waals surface area contributed by atoms with Crippen molar-refractivity contribution in [2.75, 3.05) is 13.1 Å². The molecular formula is C13H26N6O5. The number of carbonyl (C=O) groups excluding carboxylic acids is 1. The number of amides is 1. The molecule has 11 nitrogen and oxygen atoms in total. The second-order valence-electron chi connectivity index (χ2n) is 5.25. The van der Waals surface area contributed by atoms with Crippen LogP contribution in [0.3, 0.4) is 0 Å². The summed E-state index contributed by atoms with van der Waals surface area (Å²) in [4.78, 5) is 33.3. The fourth-order valence-corrected chi connectivity index (χ4v) is 1.77. The monoisotopic (exact) mass is 346 g/mol. The molecule has 11 N–H and O–H groups in total. The van der Waals surface area contributed by atoms with E-state index in [-0.39, 0.29) is 13.0 Å². The van der Waals surface area contributed by atoms with Crippen molar-refractivity contribution in [1.29, 1.82) is 0 Å². The Balaban J connectivity index is 4.24. The minimum Gasteiger partial charge on any atom is -0.480 e. The summed E-state index contributed by atoms with van der Waals surface area (Å²) in [5, 5.41) is 21.3. The third-order valence-corrected chi connectivity index (χ3v) is 3.08. The number of carbonyl (C=O) groups is 3. The molecule has 0 saturated heterocycles. The number of nitrogens with one attached hydrogen (secondary N) is 1. The van der Waals surface area contributed by atoms with Gasteiger partial charge in [-0.15, -0.1) is 0 Å². The standard InChI is InChI=1S/C13H26N6O5/c14-6-8(15)7-19(17)4-2-1-3-10(13(23)24)18-11(20)5-9(16)12(21)22/h7,9-10H,1-6,14-17H2,(H,18,20)(H,21,22)(H,23,24)/b8-7-. The van der Waals surface area contributed by atoms with Crippen molar-refractivity contribution in [3.63, 3.8) is 0 Å². The highest BCUT2D eigenvalue weighted by Gasteiger charge is 2.22. The van der Waals surface area contributed by atoms with E-state index in [2.05, 4.69) is 5.32 Å². The van der Waals surface area contributed by atoms with Gasteiger partial charge in [0, 0.05) is 25.0 Å². The predicted molar refractivity (Wildman–Crippen MR) is 85.9 cm³/mol. The first-order valence-electron chi connectivity index (χ1n) is 7.35. The van der Waals surface area contributed by atoms with E-state index < -0.39 is 36.4 Å². The Morgan fingerprint density at radius 1 is 1.17 bits per heavy atom. The van der Waals surface area contributed by atoms with E-state index in [0.29, 0.717) is 25.1 Å². The van der Waals surface area contributed by atoms with Crippen molar-refractivity contribution in [3.8, 4) is 0 Å². The van der Waals surface area contributed by atoms with Gasteiger partial charge in [0.25, 0.3) is 0 Å². The number of hydrazine groups is 1. The zero-order valence-electron chi connectivity index (χ0n) is 13.4. The molecule has 0 aliphatic heterocycles. The zero-order chi connectivity index (χ0) is 18.7. The molecule has 0 bridgehead atoms. The average Bonchev–Trinajstić information content (AvgIpc) is 2.49. The van der Waals surface area contributed by atoms with E-state index in [4.69, 9.17) is 33.3 Å². The highest BCUT2D eigenvalue weighted by molar-refractivity contribution is 5.87. The summed E-state index contributed by atoms with van der Waals surface area (Å²) in [6, 6.07) is -2.49. The second-order valence-corrected chi connectivity index (χ2v) is 5.25. The highest BCUT2D eigenvalue weighted by Crippen LogP contribution is 2.04. The zero-order valence-corrected chi connectivity index (χ0v) is 13.4. The van der Waals surface area contributed by atoms with Crippen LogP contribution in [0.15, 0.2) is 11.9 Å². The maximum atomic E-state index is 11.6. The first kappa shape index (κ1) is 21.6. The van der Waals surface area contributed by atoms with Gasteiger partial charge in [-0.3, -0.25) is 9.59 Å². The van der Waals surface area contributed by atoms with Crippen LogP contribution >= 0.6 is 0 Å². The lowest BCUT2D eigenvalue weighted by atomic mass is 10.1. The number of hydrogen-bond donors (Lipinski definition) is 7. The van der Waals surface area contributed by atoms with Crippen LogP contribution in [-0.2, 0) is 14.4 Å². The molecule has 0 rings (SSSR count). The Morgan fingerprint density at radius 2 is 1.79 bits per heavy atom. The van der Waals surface area contributed by atoms with Crippen molar-refractivity contribution >= 4 is 17.8 Å². The molecule has 2 atom stereocenters. The third kappa shape index (κ3) is 9.61. The maximum absolute atomic E-state index is 11.6. The number of rotatable bonds is 12. The fourth-order valence-electron chi connectivity index (χ4n) is 1.77. The Morgan fingerprint density at radius 3 is 2.29 bits per heavy atom. The summed E-state index contributed by atoms with van der Waals surface area (Å²) in [5.41, 5.74) is 16.5. The fraction of sp³-hybridized carbons (Fsp3) is 0.615. The summed E-state index contributed by atoms with van der Waals surface area (Å²) in [7, 11) is 0. The lowest BCUT2D eigenvalue weighted by Crippen LogP contribution is -2.44. The smallest absolute Gasteiger partial charge is 0.326 e. The lowest BCUT2D eigenvalue weighted by Gasteiger charge is -2.17. The van der Waals surface area contributed by atoms with E-state index in [1.807, 2.05) is 0 Å². The number of unbranched alkanes of at least 4 members (excludes halogenated alkanes) is 1. The van der Waals surface area contributed by atoms with Gasteiger partial charge >= 0.3 is 11.9 Å². The Kier molecular flexibility index (Phi) is 10.1. The predicted octanol–water partition coefficient (Wildman–Crippen LogP) is -2.54. The molecule has 0 saturated carbocycles. The van der Waals surface area contributed by atoms with Crippen LogP contribution in [0.4, 0.5) is 0 Å². The molecule has 0 aromatic carbocycles. The summed E-state index contributed by atoms with van der Waals surface area (Å²) < 4.78 is 0.